The van der Waals surface area contributed by atoms with Crippen LogP contribution in [-0.2, 0) is 0 Å². The highest BCUT2D eigenvalue weighted by Gasteiger charge is 2.35. The number of rotatable bonds is 3. The summed E-state index contributed by atoms with van der Waals surface area (Å²) in [6, 6.07) is 0. The van der Waals surface area contributed by atoms with Crippen molar-refractivity contribution in [3.8, 4) is 0 Å². The Morgan fingerprint density at radius 1 is 1.39 bits per heavy atom. The van der Waals surface area contributed by atoms with Gasteiger partial charge in [-0.05, 0) is 12.8 Å². The van der Waals surface area contributed by atoms with E-state index in [-0.39, 0.29) is 19.2 Å². The first-order valence-electron chi connectivity index (χ1n) is 6.13. The van der Waals surface area contributed by atoms with Crippen molar-refractivity contribution >= 4 is 11.7 Å². The molecular weight excluding hydrogens is 236 g/mol. The second-order valence-corrected chi connectivity index (χ2v) is 4.73. The fraction of sp³-hybridized carbons (Fsp3) is 0.636. The van der Waals surface area contributed by atoms with E-state index in [1.54, 1.807) is 0 Å². The van der Waals surface area contributed by atoms with Crippen molar-refractivity contribution in [3.63, 3.8) is 0 Å². The zero-order valence-corrected chi connectivity index (χ0v) is 9.89. The van der Waals surface area contributed by atoms with E-state index in [4.69, 9.17) is 0 Å². The van der Waals surface area contributed by atoms with Gasteiger partial charge < -0.3 is 25.4 Å². The molecule has 1 atom stereocenters. The van der Waals surface area contributed by atoms with Gasteiger partial charge in [-0.3, -0.25) is 4.79 Å². The summed E-state index contributed by atoms with van der Waals surface area (Å²) in [6.45, 7) is -0.547. The predicted octanol–water partition coefficient (Wildman–Crippen LogP) is -0.505. The molecule has 1 aromatic heterocycles. The number of aliphatic hydroxyl groups is 2. The number of fused-ring (bicyclic) bond motifs is 1. The predicted molar refractivity (Wildman–Crippen MR) is 63.1 cm³/mol. The first-order valence-corrected chi connectivity index (χ1v) is 6.13. The number of hydrogen-bond acceptors (Lipinski definition) is 5. The minimum Gasteiger partial charge on any atom is -0.392 e. The van der Waals surface area contributed by atoms with Gasteiger partial charge in [-0.25, -0.2) is 4.98 Å². The molecule has 7 heteroatoms. The molecule has 0 spiro atoms. The van der Waals surface area contributed by atoms with Gasteiger partial charge in [0.2, 0.25) is 0 Å². The molecule has 1 aliphatic heterocycles. The lowest BCUT2D eigenvalue weighted by molar-refractivity contribution is 0.0884. The van der Waals surface area contributed by atoms with Gasteiger partial charge in [0.05, 0.1) is 6.61 Å². The number of hydrogen-bond donors (Lipinski definition) is 4. The van der Waals surface area contributed by atoms with Crippen molar-refractivity contribution in [2.45, 2.75) is 31.3 Å². The Morgan fingerprint density at radius 3 is 2.72 bits per heavy atom. The van der Waals surface area contributed by atoms with Gasteiger partial charge in [0, 0.05) is 5.92 Å². The van der Waals surface area contributed by atoms with Gasteiger partial charge >= 0.3 is 0 Å². The number of carbonyl (C=O) groups is 1. The second kappa shape index (κ2) is 4.25. The van der Waals surface area contributed by atoms with Crippen LogP contribution in [0.5, 0.6) is 0 Å². The first kappa shape index (κ1) is 11.5. The fourth-order valence-corrected chi connectivity index (χ4v) is 2.39. The van der Waals surface area contributed by atoms with E-state index in [1.807, 2.05) is 0 Å². The summed E-state index contributed by atoms with van der Waals surface area (Å²) in [5.41, 5.74) is 0.302. The van der Waals surface area contributed by atoms with Crippen LogP contribution in [0, 0.1) is 0 Å². The molecular formula is C11H16N4O3. The number of carbonyl (C=O) groups excluding carboxylic acids is 1. The lowest BCUT2D eigenvalue weighted by Gasteiger charge is -2.33. The molecule has 1 amide bonds. The molecule has 18 heavy (non-hydrogen) atoms. The molecule has 98 valence electrons. The molecule has 2 heterocycles. The summed E-state index contributed by atoms with van der Waals surface area (Å²) in [7, 11) is 0. The molecule has 4 N–H and O–H groups in total. The van der Waals surface area contributed by atoms with Gasteiger partial charge in [-0.1, -0.05) is 6.42 Å². The van der Waals surface area contributed by atoms with Crippen LogP contribution >= 0.6 is 0 Å². The molecule has 0 radical (unpaired) electrons. The summed E-state index contributed by atoms with van der Waals surface area (Å²) in [5, 5.41) is 21.2. The van der Waals surface area contributed by atoms with Crippen LogP contribution in [0.25, 0.3) is 0 Å². The van der Waals surface area contributed by atoms with Crippen molar-refractivity contribution in [1.82, 2.24) is 15.3 Å². The monoisotopic (exact) mass is 252 g/mol. The van der Waals surface area contributed by atoms with Crippen LogP contribution in [0.3, 0.4) is 0 Å². The van der Waals surface area contributed by atoms with E-state index in [2.05, 4.69) is 15.3 Å². The second-order valence-electron chi connectivity index (χ2n) is 4.73. The molecule has 0 aromatic carbocycles. The van der Waals surface area contributed by atoms with Gasteiger partial charge in [-0.2, -0.15) is 0 Å². The minimum absolute atomic E-state index is 0.260. The fourth-order valence-electron chi connectivity index (χ4n) is 2.39. The highest BCUT2D eigenvalue weighted by Crippen LogP contribution is 2.37. The van der Waals surface area contributed by atoms with E-state index >= 15 is 0 Å². The van der Waals surface area contributed by atoms with Crippen LogP contribution < -0.4 is 10.2 Å². The van der Waals surface area contributed by atoms with Crippen molar-refractivity contribution in [2.24, 2.45) is 0 Å². The Hall–Kier alpha value is -1.60. The number of anilines is 1. The normalized spacial score (nSPS) is 23.6. The standard InChI is InChI=1S/C11H16N4O3/c16-4-7-12-11(18)8-10(15(7)5-17)14-9(13-8)6-2-1-3-6/h6-7,16-17H,1-5H2,(H,12,18)(H,13,14). The third kappa shape index (κ3) is 1.58. The largest absolute Gasteiger partial charge is 0.392 e. The molecule has 1 fully saturated rings. The number of nitrogens with zero attached hydrogens (tertiary/aromatic N) is 2. The maximum absolute atomic E-state index is 11.8. The third-order valence-electron chi connectivity index (χ3n) is 3.70. The Kier molecular flexibility index (Phi) is 2.71. The first-order chi connectivity index (χ1) is 8.74. The number of amides is 1. The molecule has 7 nitrogen and oxygen atoms in total. The van der Waals surface area contributed by atoms with E-state index in [0.29, 0.717) is 17.4 Å². The number of aromatic amines is 1. The lowest BCUT2D eigenvalue weighted by Crippen LogP contribution is -2.55. The van der Waals surface area contributed by atoms with Gasteiger partial charge in [0.15, 0.2) is 5.69 Å². The topological polar surface area (TPSA) is 101 Å². The molecule has 2 aliphatic rings. The summed E-state index contributed by atoms with van der Waals surface area (Å²) < 4.78 is 0. The van der Waals surface area contributed by atoms with Crippen molar-refractivity contribution in [2.75, 3.05) is 18.2 Å². The van der Waals surface area contributed by atoms with Gasteiger partial charge in [0.1, 0.15) is 24.5 Å². The molecule has 1 unspecified atom stereocenters. The number of aromatic nitrogens is 2. The van der Waals surface area contributed by atoms with Gasteiger partial charge in [0.25, 0.3) is 5.91 Å². The molecule has 0 saturated heterocycles. The summed E-state index contributed by atoms with van der Waals surface area (Å²) in [4.78, 5) is 20.8. The smallest absolute Gasteiger partial charge is 0.275 e. The van der Waals surface area contributed by atoms with Crippen LogP contribution in [0.4, 0.5) is 5.82 Å². The zero-order valence-electron chi connectivity index (χ0n) is 9.89. The van der Waals surface area contributed by atoms with E-state index in [1.165, 1.54) is 11.3 Å². The zero-order chi connectivity index (χ0) is 12.7. The Morgan fingerprint density at radius 2 is 2.17 bits per heavy atom. The summed E-state index contributed by atoms with van der Waals surface area (Å²) in [5.74, 6) is 1.38. The maximum atomic E-state index is 11.8. The van der Waals surface area contributed by atoms with E-state index in [0.717, 1.165) is 18.7 Å². The Bertz CT molecular complexity index is 469. The molecule has 3 rings (SSSR count). The third-order valence-corrected chi connectivity index (χ3v) is 3.70. The van der Waals surface area contributed by atoms with Crippen molar-refractivity contribution in [3.05, 3.63) is 11.5 Å². The molecule has 1 saturated carbocycles. The lowest BCUT2D eigenvalue weighted by atomic mass is 9.85. The van der Waals surface area contributed by atoms with E-state index < -0.39 is 6.17 Å². The number of imidazole rings is 1. The Labute approximate surface area is 104 Å². The van der Waals surface area contributed by atoms with Gasteiger partial charge in [-0.15, -0.1) is 0 Å². The number of H-pyrrole nitrogens is 1. The Balaban J connectivity index is 1.98. The van der Waals surface area contributed by atoms with Crippen molar-refractivity contribution in [1.29, 1.82) is 0 Å². The van der Waals surface area contributed by atoms with Crippen LogP contribution in [0.1, 0.15) is 41.5 Å². The summed E-state index contributed by atoms with van der Waals surface area (Å²) in [6.07, 6.45) is 2.74. The maximum Gasteiger partial charge on any atom is 0.275 e. The minimum atomic E-state index is -0.607. The molecule has 1 aromatic rings. The average Bonchev–Trinajstić information content (AvgIpc) is 2.71. The quantitative estimate of drug-likeness (QED) is 0.580. The van der Waals surface area contributed by atoms with Crippen LogP contribution in [-0.4, -0.2) is 45.6 Å². The SMILES string of the molecule is O=C1NC(CO)N(CO)c2[nH]c(C3CCC3)nc21. The summed E-state index contributed by atoms with van der Waals surface area (Å²) >= 11 is 0. The molecule has 1 aliphatic carbocycles. The molecule has 0 bridgehead atoms. The van der Waals surface area contributed by atoms with Crippen LogP contribution in [0.15, 0.2) is 0 Å². The number of nitrogens with one attached hydrogen (secondary N) is 2. The highest BCUT2D eigenvalue weighted by molar-refractivity contribution is 5.99. The van der Waals surface area contributed by atoms with Crippen LogP contribution in [0.2, 0.25) is 0 Å². The average molecular weight is 252 g/mol. The van der Waals surface area contributed by atoms with Crippen molar-refractivity contribution < 1.29 is 15.0 Å². The number of aliphatic hydroxyl groups excluding tert-OH is 2. The highest BCUT2D eigenvalue weighted by atomic mass is 16.3. The van der Waals surface area contributed by atoms with E-state index in [9.17, 15) is 15.0 Å².